The normalized spacial score (nSPS) is 11.6. The average molecular weight is 275 g/mol. The third-order valence-corrected chi connectivity index (χ3v) is 3.30. The summed E-state index contributed by atoms with van der Waals surface area (Å²) in [5.41, 5.74) is 3.23. The first-order valence-electron chi connectivity index (χ1n) is 6.55. The number of aromatic nitrogens is 2. The number of halogens is 1. The van der Waals surface area contributed by atoms with E-state index in [4.69, 9.17) is 11.6 Å². The molecule has 19 heavy (non-hydrogen) atoms. The van der Waals surface area contributed by atoms with Gasteiger partial charge in [0.05, 0.1) is 5.69 Å². The van der Waals surface area contributed by atoms with Crippen LogP contribution in [0, 0.1) is 0 Å². The van der Waals surface area contributed by atoms with Crippen molar-refractivity contribution < 1.29 is 0 Å². The van der Waals surface area contributed by atoms with Gasteiger partial charge >= 0.3 is 0 Å². The van der Waals surface area contributed by atoms with Gasteiger partial charge in [-0.1, -0.05) is 63.6 Å². The largest absolute Gasteiger partial charge is 0.232 e. The van der Waals surface area contributed by atoms with Gasteiger partial charge in [0.2, 0.25) is 0 Å². The Kier molecular flexibility index (Phi) is 3.91. The Morgan fingerprint density at radius 1 is 1.11 bits per heavy atom. The van der Waals surface area contributed by atoms with Crippen LogP contribution in [0.25, 0.3) is 11.4 Å². The number of aryl methyl sites for hydroxylation is 1. The molecule has 0 radical (unpaired) electrons. The van der Waals surface area contributed by atoms with Gasteiger partial charge in [-0.2, -0.15) is 0 Å². The van der Waals surface area contributed by atoms with Crippen LogP contribution in [0.5, 0.6) is 0 Å². The van der Waals surface area contributed by atoms with Crippen molar-refractivity contribution in [1.29, 1.82) is 0 Å². The summed E-state index contributed by atoms with van der Waals surface area (Å²) in [5.74, 6) is 0.717. The zero-order valence-electron chi connectivity index (χ0n) is 11.9. The van der Waals surface area contributed by atoms with Crippen molar-refractivity contribution in [2.75, 3.05) is 0 Å². The molecule has 1 heterocycles. The molecular formula is C16H19ClN2. The Morgan fingerprint density at radius 2 is 1.79 bits per heavy atom. The van der Waals surface area contributed by atoms with E-state index in [0.29, 0.717) is 5.15 Å². The molecule has 0 unspecified atom stereocenters. The highest BCUT2D eigenvalue weighted by Crippen LogP contribution is 2.27. The first-order chi connectivity index (χ1) is 8.91. The second kappa shape index (κ2) is 5.30. The molecule has 0 aliphatic heterocycles. The van der Waals surface area contributed by atoms with Gasteiger partial charge in [0.1, 0.15) is 5.15 Å². The molecule has 3 heteroatoms. The molecular weight excluding hydrogens is 256 g/mol. The molecule has 0 atom stereocenters. The van der Waals surface area contributed by atoms with E-state index in [1.807, 2.05) is 18.2 Å². The molecule has 0 amide bonds. The zero-order chi connectivity index (χ0) is 14.0. The van der Waals surface area contributed by atoms with E-state index in [9.17, 15) is 0 Å². The fraction of sp³-hybridized carbons (Fsp3) is 0.375. The summed E-state index contributed by atoms with van der Waals surface area (Å²) in [6.45, 7) is 8.51. The van der Waals surface area contributed by atoms with Crippen LogP contribution in [0.4, 0.5) is 0 Å². The lowest BCUT2D eigenvalue weighted by Gasteiger charge is -2.19. The van der Waals surface area contributed by atoms with Crippen LogP contribution >= 0.6 is 11.6 Å². The number of hydrogen-bond donors (Lipinski definition) is 0. The van der Waals surface area contributed by atoms with E-state index in [1.54, 1.807) is 0 Å². The van der Waals surface area contributed by atoms with Crippen LogP contribution in [0.1, 0.15) is 39.0 Å². The van der Waals surface area contributed by atoms with E-state index in [0.717, 1.165) is 23.5 Å². The summed E-state index contributed by atoms with van der Waals surface area (Å²) in [7, 11) is 0. The van der Waals surface area contributed by atoms with Crippen LogP contribution in [-0.2, 0) is 11.8 Å². The molecule has 0 aliphatic carbocycles. The van der Waals surface area contributed by atoms with Gasteiger partial charge in [0, 0.05) is 11.0 Å². The molecule has 0 aliphatic rings. The summed E-state index contributed by atoms with van der Waals surface area (Å²) < 4.78 is 0. The fourth-order valence-electron chi connectivity index (χ4n) is 1.97. The lowest BCUT2D eigenvalue weighted by molar-refractivity contribution is 0.568. The van der Waals surface area contributed by atoms with Crippen molar-refractivity contribution in [1.82, 2.24) is 9.97 Å². The van der Waals surface area contributed by atoms with Gasteiger partial charge in [-0.15, -0.1) is 0 Å². The molecule has 0 fully saturated rings. The summed E-state index contributed by atoms with van der Waals surface area (Å²) in [6, 6.07) is 10.1. The monoisotopic (exact) mass is 274 g/mol. The number of benzene rings is 1. The molecule has 0 N–H and O–H groups in total. The van der Waals surface area contributed by atoms with Crippen LogP contribution in [0.2, 0.25) is 5.15 Å². The third-order valence-electron chi connectivity index (χ3n) is 3.10. The molecule has 0 bridgehead atoms. The Labute approximate surface area is 119 Å². The lowest BCUT2D eigenvalue weighted by atomic mass is 9.92. The zero-order valence-corrected chi connectivity index (χ0v) is 12.6. The van der Waals surface area contributed by atoms with Crippen molar-refractivity contribution in [3.63, 3.8) is 0 Å². The molecule has 1 aromatic heterocycles. The second-order valence-electron chi connectivity index (χ2n) is 5.66. The predicted molar refractivity (Wildman–Crippen MR) is 80.6 cm³/mol. The quantitative estimate of drug-likeness (QED) is 0.745. The fourth-order valence-corrected chi connectivity index (χ4v) is 2.15. The maximum Gasteiger partial charge on any atom is 0.161 e. The van der Waals surface area contributed by atoms with Gasteiger partial charge in [-0.25, -0.2) is 9.97 Å². The summed E-state index contributed by atoms with van der Waals surface area (Å²) >= 11 is 6.15. The Hall–Kier alpha value is -1.41. The number of nitrogens with zero attached hydrogens (tertiary/aromatic N) is 2. The molecule has 0 saturated heterocycles. The first-order valence-corrected chi connectivity index (χ1v) is 6.93. The Balaban J connectivity index is 2.60. The molecule has 100 valence electrons. The van der Waals surface area contributed by atoms with Gasteiger partial charge < -0.3 is 0 Å². The minimum Gasteiger partial charge on any atom is -0.232 e. The SMILES string of the molecule is CCc1ccccc1-c1nc(Cl)cc(C(C)(C)C)n1. The first kappa shape index (κ1) is 14.0. The summed E-state index contributed by atoms with van der Waals surface area (Å²) in [4.78, 5) is 9.07. The Bertz CT molecular complexity index is 586. The molecule has 2 rings (SSSR count). The van der Waals surface area contributed by atoms with E-state index < -0.39 is 0 Å². The topological polar surface area (TPSA) is 25.8 Å². The maximum atomic E-state index is 6.15. The average Bonchev–Trinajstić information content (AvgIpc) is 2.37. The predicted octanol–water partition coefficient (Wildman–Crippen LogP) is 4.66. The van der Waals surface area contributed by atoms with Crippen molar-refractivity contribution >= 4 is 11.6 Å². The van der Waals surface area contributed by atoms with Gasteiger partial charge in [-0.3, -0.25) is 0 Å². The second-order valence-corrected chi connectivity index (χ2v) is 6.05. The highest BCUT2D eigenvalue weighted by Gasteiger charge is 2.18. The van der Waals surface area contributed by atoms with Gasteiger partial charge in [0.25, 0.3) is 0 Å². The number of rotatable bonds is 2. The summed E-state index contributed by atoms with van der Waals surface area (Å²) in [6.07, 6.45) is 0.955. The van der Waals surface area contributed by atoms with E-state index in [2.05, 4.69) is 49.8 Å². The van der Waals surface area contributed by atoms with E-state index in [-0.39, 0.29) is 5.41 Å². The standard InChI is InChI=1S/C16H19ClN2/c1-5-11-8-6-7-9-12(11)15-18-13(16(2,3)4)10-14(17)19-15/h6-10H,5H2,1-4H3. The van der Waals surface area contributed by atoms with Crippen molar-refractivity contribution in [2.24, 2.45) is 0 Å². The van der Waals surface area contributed by atoms with Crippen LogP contribution in [0.3, 0.4) is 0 Å². The highest BCUT2D eigenvalue weighted by atomic mass is 35.5. The molecule has 1 aromatic carbocycles. The van der Waals surface area contributed by atoms with Crippen LogP contribution < -0.4 is 0 Å². The van der Waals surface area contributed by atoms with E-state index in [1.165, 1.54) is 5.56 Å². The molecule has 2 nitrogen and oxygen atoms in total. The molecule has 0 saturated carbocycles. The Morgan fingerprint density at radius 3 is 2.42 bits per heavy atom. The molecule has 0 spiro atoms. The van der Waals surface area contributed by atoms with Gasteiger partial charge in [-0.05, 0) is 18.1 Å². The summed E-state index contributed by atoms with van der Waals surface area (Å²) in [5, 5.41) is 0.501. The van der Waals surface area contributed by atoms with Gasteiger partial charge in [0.15, 0.2) is 5.82 Å². The number of hydrogen-bond acceptors (Lipinski definition) is 2. The lowest BCUT2D eigenvalue weighted by Crippen LogP contribution is -2.14. The molecule has 2 aromatic rings. The minimum absolute atomic E-state index is 0.0392. The van der Waals surface area contributed by atoms with Crippen LogP contribution in [-0.4, -0.2) is 9.97 Å². The van der Waals surface area contributed by atoms with E-state index >= 15 is 0 Å². The van der Waals surface area contributed by atoms with Crippen molar-refractivity contribution in [3.8, 4) is 11.4 Å². The third kappa shape index (κ3) is 3.13. The van der Waals surface area contributed by atoms with Crippen molar-refractivity contribution in [3.05, 3.63) is 46.7 Å². The highest BCUT2D eigenvalue weighted by molar-refractivity contribution is 6.29. The minimum atomic E-state index is -0.0392. The van der Waals surface area contributed by atoms with Crippen molar-refractivity contribution in [2.45, 2.75) is 39.5 Å². The van der Waals surface area contributed by atoms with Crippen LogP contribution in [0.15, 0.2) is 30.3 Å². The maximum absolute atomic E-state index is 6.15. The smallest absolute Gasteiger partial charge is 0.161 e.